The fraction of sp³-hybridized carbons (Fsp3) is 0.625. The minimum atomic E-state index is -0.220. The minimum absolute atomic E-state index is 0.143. The zero-order chi connectivity index (χ0) is 16.2. The molecular formula is C16H25N3O3. The molecule has 122 valence electrons. The molecule has 6 heteroatoms. The Morgan fingerprint density at radius 2 is 1.95 bits per heavy atom. The Morgan fingerprint density at radius 1 is 1.27 bits per heavy atom. The molecule has 0 aromatic carbocycles. The number of carbonyl (C=O) groups excluding carboxylic acids is 2. The van der Waals surface area contributed by atoms with Crippen LogP contribution in [0.2, 0.25) is 0 Å². The standard InChI is InChI=1S/C16H25N3O3/c1-11-5-8-22-13(11)14(20)17-6-4-7-18-15(21)19-10-12-9-16(12,2)3/h5,8,12H,4,6-7,9-10H2,1-3H3,(H,17,20)(H2,18,19,21)/t12-/m1/s1. The molecule has 2 rings (SSSR count). The maximum absolute atomic E-state index is 11.8. The number of urea groups is 1. The third kappa shape index (κ3) is 4.51. The van der Waals surface area contributed by atoms with Crippen molar-refractivity contribution in [1.29, 1.82) is 0 Å². The van der Waals surface area contributed by atoms with Crippen LogP contribution >= 0.6 is 0 Å². The van der Waals surface area contributed by atoms with Crippen molar-refractivity contribution in [2.45, 2.75) is 33.6 Å². The number of nitrogens with one attached hydrogen (secondary N) is 3. The van der Waals surface area contributed by atoms with Crippen LogP contribution in [-0.2, 0) is 0 Å². The first-order valence-corrected chi connectivity index (χ1v) is 7.74. The highest BCUT2D eigenvalue weighted by molar-refractivity contribution is 5.92. The Kier molecular flexibility index (Phi) is 5.11. The number of aryl methyl sites for hydroxylation is 1. The molecule has 1 atom stereocenters. The molecule has 0 spiro atoms. The Labute approximate surface area is 131 Å². The highest BCUT2D eigenvalue weighted by Gasteiger charge is 2.45. The van der Waals surface area contributed by atoms with Gasteiger partial charge in [-0.3, -0.25) is 4.79 Å². The van der Waals surface area contributed by atoms with Gasteiger partial charge in [-0.05, 0) is 37.2 Å². The number of hydrogen-bond donors (Lipinski definition) is 3. The number of rotatable bonds is 7. The van der Waals surface area contributed by atoms with Crippen molar-refractivity contribution in [3.63, 3.8) is 0 Å². The Bertz CT molecular complexity index is 536. The van der Waals surface area contributed by atoms with Gasteiger partial charge in [-0.25, -0.2) is 4.79 Å². The van der Waals surface area contributed by atoms with Crippen LogP contribution in [0.15, 0.2) is 16.7 Å². The van der Waals surface area contributed by atoms with Crippen LogP contribution in [0.5, 0.6) is 0 Å². The average molecular weight is 307 g/mol. The van der Waals surface area contributed by atoms with E-state index >= 15 is 0 Å². The molecule has 22 heavy (non-hydrogen) atoms. The lowest BCUT2D eigenvalue weighted by molar-refractivity contribution is 0.0925. The molecule has 3 amide bonds. The van der Waals surface area contributed by atoms with Gasteiger partial charge in [-0.15, -0.1) is 0 Å². The molecular weight excluding hydrogens is 282 g/mol. The second-order valence-corrected chi connectivity index (χ2v) is 6.57. The van der Waals surface area contributed by atoms with Gasteiger partial charge in [-0.2, -0.15) is 0 Å². The summed E-state index contributed by atoms with van der Waals surface area (Å²) >= 11 is 0. The molecule has 1 aliphatic rings. The van der Waals surface area contributed by atoms with Crippen LogP contribution < -0.4 is 16.0 Å². The molecule has 3 N–H and O–H groups in total. The second kappa shape index (κ2) is 6.85. The molecule has 1 aliphatic carbocycles. The summed E-state index contributed by atoms with van der Waals surface area (Å²) in [5.41, 5.74) is 1.19. The third-order valence-electron chi connectivity index (χ3n) is 4.22. The first-order chi connectivity index (χ1) is 10.4. The summed E-state index contributed by atoms with van der Waals surface area (Å²) in [6, 6.07) is 1.61. The molecule has 1 saturated carbocycles. The second-order valence-electron chi connectivity index (χ2n) is 6.57. The van der Waals surface area contributed by atoms with Gasteiger partial charge in [0.2, 0.25) is 0 Å². The Balaban J connectivity index is 1.51. The fourth-order valence-electron chi connectivity index (χ4n) is 2.38. The van der Waals surface area contributed by atoms with E-state index in [1.54, 1.807) is 6.07 Å². The smallest absolute Gasteiger partial charge is 0.314 e. The number of hydrogen-bond acceptors (Lipinski definition) is 3. The highest BCUT2D eigenvalue weighted by Crippen LogP contribution is 2.50. The van der Waals surface area contributed by atoms with Crippen LogP contribution in [0.1, 0.15) is 42.8 Å². The van der Waals surface area contributed by atoms with Crippen LogP contribution in [0.3, 0.4) is 0 Å². The molecule has 1 aromatic rings. The Morgan fingerprint density at radius 3 is 2.55 bits per heavy atom. The van der Waals surface area contributed by atoms with E-state index in [2.05, 4.69) is 29.8 Å². The van der Waals surface area contributed by atoms with Crippen molar-refractivity contribution in [2.75, 3.05) is 19.6 Å². The monoisotopic (exact) mass is 307 g/mol. The lowest BCUT2D eigenvalue weighted by Crippen LogP contribution is -2.38. The van der Waals surface area contributed by atoms with E-state index in [9.17, 15) is 9.59 Å². The lowest BCUT2D eigenvalue weighted by atomic mass is 10.1. The zero-order valence-electron chi connectivity index (χ0n) is 13.5. The summed E-state index contributed by atoms with van der Waals surface area (Å²) in [7, 11) is 0. The molecule has 0 bridgehead atoms. The maximum Gasteiger partial charge on any atom is 0.314 e. The highest BCUT2D eigenvalue weighted by atomic mass is 16.3. The van der Waals surface area contributed by atoms with Gasteiger partial charge in [-0.1, -0.05) is 13.8 Å². The lowest BCUT2D eigenvalue weighted by Gasteiger charge is -2.09. The van der Waals surface area contributed by atoms with E-state index in [1.807, 2.05) is 6.92 Å². The van der Waals surface area contributed by atoms with E-state index in [4.69, 9.17) is 4.42 Å². The summed E-state index contributed by atoms with van der Waals surface area (Å²) < 4.78 is 5.11. The van der Waals surface area contributed by atoms with Gasteiger partial charge in [0.15, 0.2) is 5.76 Å². The van der Waals surface area contributed by atoms with E-state index in [0.29, 0.717) is 36.6 Å². The number of amides is 3. The van der Waals surface area contributed by atoms with Crippen molar-refractivity contribution in [3.8, 4) is 0 Å². The summed E-state index contributed by atoms with van der Waals surface area (Å²) in [6.45, 7) is 7.99. The summed E-state index contributed by atoms with van der Waals surface area (Å²) in [5, 5.41) is 8.43. The minimum Gasteiger partial charge on any atom is -0.459 e. The van der Waals surface area contributed by atoms with Crippen molar-refractivity contribution in [1.82, 2.24) is 16.0 Å². The van der Waals surface area contributed by atoms with E-state index in [-0.39, 0.29) is 11.9 Å². The molecule has 1 heterocycles. The molecule has 0 unspecified atom stereocenters. The average Bonchev–Trinajstić information content (AvgIpc) is 2.85. The maximum atomic E-state index is 11.8. The van der Waals surface area contributed by atoms with Crippen molar-refractivity contribution < 1.29 is 14.0 Å². The van der Waals surface area contributed by atoms with Gasteiger partial charge in [0.05, 0.1) is 6.26 Å². The summed E-state index contributed by atoms with van der Waals surface area (Å²) in [5.74, 6) is 0.717. The predicted octanol–water partition coefficient (Wildman–Crippen LogP) is 2.05. The van der Waals surface area contributed by atoms with Crippen LogP contribution in [0.25, 0.3) is 0 Å². The van der Waals surface area contributed by atoms with Crippen LogP contribution in [0, 0.1) is 18.3 Å². The van der Waals surface area contributed by atoms with Crippen molar-refractivity contribution >= 4 is 11.9 Å². The Hall–Kier alpha value is -1.98. The largest absolute Gasteiger partial charge is 0.459 e. The van der Waals surface area contributed by atoms with Crippen LogP contribution in [-0.4, -0.2) is 31.6 Å². The van der Waals surface area contributed by atoms with Gasteiger partial charge >= 0.3 is 6.03 Å². The quantitative estimate of drug-likeness (QED) is 0.674. The number of carbonyl (C=O) groups is 2. The molecule has 1 fully saturated rings. The van der Waals surface area contributed by atoms with Gasteiger partial charge in [0, 0.05) is 25.2 Å². The fourth-order valence-corrected chi connectivity index (χ4v) is 2.38. The van der Waals surface area contributed by atoms with Gasteiger partial charge in [0.25, 0.3) is 5.91 Å². The molecule has 1 aromatic heterocycles. The SMILES string of the molecule is Cc1ccoc1C(=O)NCCCNC(=O)NC[C@H]1CC1(C)C. The summed E-state index contributed by atoms with van der Waals surface area (Å²) in [4.78, 5) is 23.4. The predicted molar refractivity (Wildman–Crippen MR) is 83.7 cm³/mol. The van der Waals surface area contributed by atoms with Crippen LogP contribution in [0.4, 0.5) is 4.79 Å². The summed E-state index contributed by atoms with van der Waals surface area (Å²) in [6.07, 6.45) is 3.34. The molecule has 6 nitrogen and oxygen atoms in total. The first kappa shape index (κ1) is 16.4. The van der Waals surface area contributed by atoms with Gasteiger partial charge in [0.1, 0.15) is 0 Å². The van der Waals surface area contributed by atoms with Gasteiger partial charge < -0.3 is 20.4 Å². The molecule has 0 saturated heterocycles. The molecule has 0 radical (unpaired) electrons. The molecule has 0 aliphatic heterocycles. The van der Waals surface area contributed by atoms with E-state index in [0.717, 1.165) is 12.1 Å². The number of furan rings is 1. The van der Waals surface area contributed by atoms with E-state index < -0.39 is 0 Å². The zero-order valence-corrected chi connectivity index (χ0v) is 13.5. The topological polar surface area (TPSA) is 83.4 Å². The van der Waals surface area contributed by atoms with Crippen molar-refractivity contribution in [2.24, 2.45) is 11.3 Å². The van der Waals surface area contributed by atoms with Crippen molar-refractivity contribution in [3.05, 3.63) is 23.7 Å². The first-order valence-electron chi connectivity index (χ1n) is 7.74. The third-order valence-corrected chi connectivity index (χ3v) is 4.22. The van der Waals surface area contributed by atoms with E-state index in [1.165, 1.54) is 12.7 Å². The normalized spacial score (nSPS) is 18.6.